The largest absolute Gasteiger partial charge is 0.321 e. The van der Waals surface area contributed by atoms with Crippen LogP contribution in [0.25, 0.3) is 11.1 Å². The lowest BCUT2D eigenvalue weighted by atomic mass is 10.1. The highest BCUT2D eigenvalue weighted by atomic mass is 16.2. The molecule has 4 nitrogen and oxygen atoms in total. The summed E-state index contributed by atoms with van der Waals surface area (Å²) in [5, 5.41) is 7.10. The summed E-state index contributed by atoms with van der Waals surface area (Å²) < 4.78 is 1.73. The first-order chi connectivity index (χ1) is 11.3. The van der Waals surface area contributed by atoms with E-state index >= 15 is 0 Å². The van der Waals surface area contributed by atoms with E-state index in [1.54, 1.807) is 16.9 Å². The molecule has 1 heterocycles. The van der Waals surface area contributed by atoms with Gasteiger partial charge in [0.1, 0.15) is 5.69 Å². The molecule has 4 heteroatoms. The van der Waals surface area contributed by atoms with Gasteiger partial charge in [-0.3, -0.25) is 9.48 Å². The number of hydrogen-bond donors (Lipinski definition) is 1. The van der Waals surface area contributed by atoms with Gasteiger partial charge in [0.15, 0.2) is 0 Å². The summed E-state index contributed by atoms with van der Waals surface area (Å²) >= 11 is 0. The summed E-state index contributed by atoms with van der Waals surface area (Å²) in [5.41, 5.74) is 3.64. The minimum Gasteiger partial charge on any atom is -0.321 e. The second kappa shape index (κ2) is 6.92. The zero-order valence-electron chi connectivity index (χ0n) is 13.1. The van der Waals surface area contributed by atoms with Gasteiger partial charge < -0.3 is 5.32 Å². The van der Waals surface area contributed by atoms with E-state index in [1.165, 1.54) is 0 Å². The number of anilines is 1. The zero-order valence-corrected chi connectivity index (χ0v) is 13.1. The number of aryl methyl sites for hydroxylation is 1. The first-order valence-corrected chi connectivity index (χ1v) is 7.76. The van der Waals surface area contributed by atoms with Gasteiger partial charge in [-0.1, -0.05) is 49.4 Å². The molecule has 0 aliphatic rings. The molecular weight excluding hydrogens is 286 g/mol. The van der Waals surface area contributed by atoms with Crippen LogP contribution in [0.15, 0.2) is 66.9 Å². The van der Waals surface area contributed by atoms with Gasteiger partial charge in [0.05, 0.1) is 0 Å². The molecule has 3 rings (SSSR count). The molecule has 0 aliphatic carbocycles. The topological polar surface area (TPSA) is 46.9 Å². The molecule has 0 fully saturated rings. The summed E-state index contributed by atoms with van der Waals surface area (Å²) in [7, 11) is 0. The van der Waals surface area contributed by atoms with Gasteiger partial charge in [0.2, 0.25) is 0 Å². The smallest absolute Gasteiger partial charge is 0.273 e. The summed E-state index contributed by atoms with van der Waals surface area (Å²) in [4.78, 5) is 12.4. The summed E-state index contributed by atoms with van der Waals surface area (Å²) in [6.07, 6.45) is 2.59. The number of benzene rings is 2. The summed E-state index contributed by atoms with van der Waals surface area (Å²) in [6, 6.07) is 19.7. The van der Waals surface area contributed by atoms with Crippen LogP contribution in [0.5, 0.6) is 0 Å². The van der Waals surface area contributed by atoms with Crippen molar-refractivity contribution >= 4 is 11.6 Å². The van der Waals surface area contributed by atoms with E-state index < -0.39 is 0 Å². The lowest BCUT2D eigenvalue weighted by Crippen LogP contribution is -2.17. The molecule has 0 spiro atoms. The van der Waals surface area contributed by atoms with Crippen molar-refractivity contribution in [2.45, 2.75) is 19.9 Å². The summed E-state index contributed by atoms with van der Waals surface area (Å²) in [5.74, 6) is -0.136. The Balaban J connectivity index is 1.73. The van der Waals surface area contributed by atoms with E-state index in [0.29, 0.717) is 5.69 Å². The van der Waals surface area contributed by atoms with E-state index in [9.17, 15) is 4.79 Å². The van der Waals surface area contributed by atoms with Gasteiger partial charge in [-0.15, -0.1) is 0 Å². The normalized spacial score (nSPS) is 10.5. The number of carbonyl (C=O) groups is 1. The molecular formula is C19H19N3O. The Bertz CT molecular complexity index is 776. The highest BCUT2D eigenvalue weighted by molar-refractivity contribution is 6.03. The third kappa shape index (κ3) is 3.48. The van der Waals surface area contributed by atoms with Crippen LogP contribution in [0.4, 0.5) is 5.69 Å². The lowest BCUT2D eigenvalue weighted by molar-refractivity contribution is 0.101. The lowest BCUT2D eigenvalue weighted by Gasteiger charge is -2.08. The standard InChI is InChI=1S/C19H19N3O/c1-2-14-22-18(12-13-20-22)19(23)21-17-10-8-16(9-11-17)15-6-4-3-5-7-15/h3-13H,2,14H2,1H3,(H,21,23). The van der Waals surface area contributed by atoms with Crippen LogP contribution in [0, 0.1) is 0 Å². The maximum Gasteiger partial charge on any atom is 0.273 e. The number of aromatic nitrogens is 2. The molecule has 1 aromatic heterocycles. The fraction of sp³-hybridized carbons (Fsp3) is 0.158. The van der Waals surface area contributed by atoms with Gasteiger partial charge in [0.25, 0.3) is 5.91 Å². The van der Waals surface area contributed by atoms with Gasteiger partial charge in [0, 0.05) is 18.4 Å². The Kier molecular flexibility index (Phi) is 4.52. The van der Waals surface area contributed by atoms with Gasteiger partial charge in [-0.2, -0.15) is 5.10 Å². The monoisotopic (exact) mass is 305 g/mol. The SMILES string of the molecule is CCCn1nccc1C(=O)Nc1ccc(-c2ccccc2)cc1. The highest BCUT2D eigenvalue weighted by Gasteiger charge is 2.11. The highest BCUT2D eigenvalue weighted by Crippen LogP contribution is 2.21. The fourth-order valence-corrected chi connectivity index (χ4v) is 2.49. The average Bonchev–Trinajstić information content (AvgIpc) is 3.05. The maximum atomic E-state index is 12.4. The van der Waals surface area contributed by atoms with E-state index in [4.69, 9.17) is 0 Å². The molecule has 0 unspecified atom stereocenters. The Morgan fingerprint density at radius 2 is 1.70 bits per heavy atom. The van der Waals surface area contributed by atoms with Crippen molar-refractivity contribution in [3.8, 4) is 11.1 Å². The van der Waals surface area contributed by atoms with Crippen LogP contribution in [0.3, 0.4) is 0 Å². The molecule has 23 heavy (non-hydrogen) atoms. The predicted octanol–water partition coefficient (Wildman–Crippen LogP) is 4.21. The molecule has 3 aromatic rings. The first kappa shape index (κ1) is 15.0. The molecule has 0 saturated heterocycles. The van der Waals surface area contributed by atoms with E-state index in [0.717, 1.165) is 29.8 Å². The number of hydrogen-bond acceptors (Lipinski definition) is 2. The predicted molar refractivity (Wildman–Crippen MR) is 92.3 cm³/mol. The third-order valence-electron chi connectivity index (χ3n) is 3.63. The van der Waals surface area contributed by atoms with Crippen molar-refractivity contribution in [2.24, 2.45) is 0 Å². The van der Waals surface area contributed by atoms with Crippen molar-refractivity contribution in [1.82, 2.24) is 9.78 Å². The minimum absolute atomic E-state index is 0.136. The quantitative estimate of drug-likeness (QED) is 0.767. The minimum atomic E-state index is -0.136. The van der Waals surface area contributed by atoms with Crippen molar-refractivity contribution in [1.29, 1.82) is 0 Å². The fourth-order valence-electron chi connectivity index (χ4n) is 2.49. The Labute approximate surface area is 135 Å². The second-order valence-electron chi connectivity index (χ2n) is 5.34. The maximum absolute atomic E-state index is 12.4. The number of rotatable bonds is 5. The van der Waals surface area contributed by atoms with E-state index in [1.807, 2.05) is 42.5 Å². The molecule has 1 N–H and O–H groups in total. The van der Waals surface area contributed by atoms with Gasteiger partial charge in [-0.25, -0.2) is 0 Å². The number of amides is 1. The van der Waals surface area contributed by atoms with Crippen LogP contribution in [0.1, 0.15) is 23.8 Å². The molecule has 0 saturated carbocycles. The molecule has 0 atom stereocenters. The van der Waals surface area contributed by atoms with Crippen LogP contribution >= 0.6 is 0 Å². The zero-order chi connectivity index (χ0) is 16.1. The molecule has 116 valence electrons. The van der Waals surface area contributed by atoms with Crippen molar-refractivity contribution in [3.05, 3.63) is 72.6 Å². The van der Waals surface area contributed by atoms with Crippen molar-refractivity contribution < 1.29 is 4.79 Å². The third-order valence-corrected chi connectivity index (χ3v) is 3.63. The van der Waals surface area contributed by atoms with Crippen LogP contribution in [0.2, 0.25) is 0 Å². The Morgan fingerprint density at radius 1 is 1.00 bits per heavy atom. The van der Waals surface area contributed by atoms with E-state index in [-0.39, 0.29) is 5.91 Å². The molecule has 1 amide bonds. The molecule has 2 aromatic carbocycles. The van der Waals surface area contributed by atoms with Gasteiger partial charge in [-0.05, 0) is 35.7 Å². The first-order valence-electron chi connectivity index (χ1n) is 7.76. The number of carbonyl (C=O) groups excluding carboxylic acids is 1. The number of nitrogens with zero attached hydrogens (tertiary/aromatic N) is 2. The molecule has 0 aliphatic heterocycles. The van der Waals surface area contributed by atoms with Crippen LogP contribution < -0.4 is 5.32 Å². The molecule has 0 bridgehead atoms. The second-order valence-corrected chi connectivity index (χ2v) is 5.34. The average molecular weight is 305 g/mol. The molecule has 0 radical (unpaired) electrons. The van der Waals surface area contributed by atoms with Gasteiger partial charge >= 0.3 is 0 Å². The van der Waals surface area contributed by atoms with Crippen molar-refractivity contribution in [2.75, 3.05) is 5.32 Å². The van der Waals surface area contributed by atoms with Crippen LogP contribution in [-0.2, 0) is 6.54 Å². The van der Waals surface area contributed by atoms with Crippen LogP contribution in [-0.4, -0.2) is 15.7 Å². The number of nitrogens with one attached hydrogen (secondary N) is 1. The summed E-state index contributed by atoms with van der Waals surface area (Å²) in [6.45, 7) is 2.80. The Morgan fingerprint density at radius 3 is 2.39 bits per heavy atom. The van der Waals surface area contributed by atoms with Crippen molar-refractivity contribution in [3.63, 3.8) is 0 Å². The van der Waals surface area contributed by atoms with E-state index in [2.05, 4.69) is 29.5 Å². The Hall–Kier alpha value is -2.88.